The van der Waals surface area contributed by atoms with Gasteiger partial charge in [-0.1, -0.05) is 0 Å². The highest BCUT2D eigenvalue weighted by molar-refractivity contribution is 5.87. The summed E-state index contributed by atoms with van der Waals surface area (Å²) in [4.78, 5) is 25.5. The average Bonchev–Trinajstić information content (AvgIpc) is 2.40. The molecular weight excluding hydrogens is 244 g/mol. The number of hydrogen-bond acceptors (Lipinski definition) is 3. The first-order chi connectivity index (χ1) is 9.04. The Morgan fingerprint density at radius 2 is 2.00 bits per heavy atom. The summed E-state index contributed by atoms with van der Waals surface area (Å²) in [5.74, 6) is -0.434. The van der Waals surface area contributed by atoms with E-state index in [9.17, 15) is 14.7 Å². The largest absolute Gasteiger partial charge is 0.480 e. The third-order valence-corrected chi connectivity index (χ3v) is 4.57. The normalized spacial score (nSPS) is 29.2. The van der Waals surface area contributed by atoms with Crippen molar-refractivity contribution in [3.05, 3.63) is 0 Å². The molecule has 2 aliphatic heterocycles. The fourth-order valence-electron chi connectivity index (χ4n) is 3.19. The van der Waals surface area contributed by atoms with Crippen LogP contribution in [-0.4, -0.2) is 47.1 Å². The lowest BCUT2D eigenvalue weighted by atomic mass is 9.86. The van der Waals surface area contributed by atoms with Crippen molar-refractivity contribution in [2.75, 3.05) is 19.6 Å². The first-order valence-electron chi connectivity index (χ1n) is 7.28. The molecule has 0 saturated carbocycles. The quantitative estimate of drug-likeness (QED) is 0.808. The number of carbonyl (C=O) groups excluding carboxylic acids is 1. The molecule has 108 valence electrons. The van der Waals surface area contributed by atoms with Crippen molar-refractivity contribution in [2.24, 2.45) is 5.92 Å². The zero-order valence-corrected chi connectivity index (χ0v) is 11.7. The average molecular weight is 268 g/mol. The van der Waals surface area contributed by atoms with Gasteiger partial charge >= 0.3 is 5.97 Å². The highest BCUT2D eigenvalue weighted by Gasteiger charge is 2.43. The summed E-state index contributed by atoms with van der Waals surface area (Å²) < 4.78 is 0. The summed E-state index contributed by atoms with van der Waals surface area (Å²) in [5, 5.41) is 12.7. The Bertz CT molecular complexity index is 353. The number of rotatable bonds is 3. The summed E-state index contributed by atoms with van der Waals surface area (Å²) >= 11 is 0. The summed E-state index contributed by atoms with van der Waals surface area (Å²) in [6, 6.07) is 0. The Labute approximate surface area is 114 Å². The molecule has 19 heavy (non-hydrogen) atoms. The second-order valence-corrected chi connectivity index (χ2v) is 5.98. The number of likely N-dealkylation sites (tertiary alicyclic amines) is 1. The summed E-state index contributed by atoms with van der Waals surface area (Å²) in [5.41, 5.74) is -0.998. The molecule has 1 amide bonds. The molecule has 0 aromatic carbocycles. The third kappa shape index (κ3) is 3.08. The summed E-state index contributed by atoms with van der Waals surface area (Å²) in [6.45, 7) is 4.21. The van der Waals surface area contributed by atoms with Crippen molar-refractivity contribution < 1.29 is 14.7 Å². The van der Waals surface area contributed by atoms with E-state index in [1.54, 1.807) is 11.8 Å². The zero-order valence-electron chi connectivity index (χ0n) is 11.7. The number of carboxylic acids is 1. The second-order valence-electron chi connectivity index (χ2n) is 5.98. The van der Waals surface area contributed by atoms with Crippen LogP contribution in [0.1, 0.15) is 45.4 Å². The molecule has 1 unspecified atom stereocenters. The van der Waals surface area contributed by atoms with Crippen molar-refractivity contribution >= 4 is 11.9 Å². The Kier molecular flexibility index (Phi) is 4.45. The number of carbonyl (C=O) groups is 2. The second kappa shape index (κ2) is 5.90. The van der Waals surface area contributed by atoms with Gasteiger partial charge < -0.3 is 15.3 Å². The monoisotopic (exact) mass is 268 g/mol. The van der Waals surface area contributed by atoms with Crippen LogP contribution in [0, 0.1) is 5.92 Å². The van der Waals surface area contributed by atoms with Crippen LogP contribution in [0.3, 0.4) is 0 Å². The molecule has 2 saturated heterocycles. The van der Waals surface area contributed by atoms with E-state index >= 15 is 0 Å². The van der Waals surface area contributed by atoms with Crippen LogP contribution in [-0.2, 0) is 9.59 Å². The molecule has 0 aromatic rings. The van der Waals surface area contributed by atoms with Gasteiger partial charge in [0.25, 0.3) is 0 Å². The lowest BCUT2D eigenvalue weighted by Crippen LogP contribution is -2.57. The van der Waals surface area contributed by atoms with Gasteiger partial charge in [0.15, 0.2) is 0 Å². The van der Waals surface area contributed by atoms with Crippen LogP contribution >= 0.6 is 0 Å². The number of aliphatic carboxylic acids is 1. The Morgan fingerprint density at radius 3 is 2.63 bits per heavy atom. The highest BCUT2D eigenvalue weighted by atomic mass is 16.4. The van der Waals surface area contributed by atoms with Gasteiger partial charge in [0.2, 0.25) is 5.91 Å². The minimum Gasteiger partial charge on any atom is -0.480 e. The van der Waals surface area contributed by atoms with Crippen LogP contribution in [0.25, 0.3) is 0 Å². The molecule has 2 fully saturated rings. The van der Waals surface area contributed by atoms with E-state index in [0.717, 1.165) is 38.8 Å². The highest BCUT2D eigenvalue weighted by Crippen LogP contribution is 2.30. The fourth-order valence-corrected chi connectivity index (χ4v) is 3.19. The topological polar surface area (TPSA) is 69.6 Å². The number of piperidine rings is 2. The smallest absolute Gasteiger partial charge is 0.329 e. The van der Waals surface area contributed by atoms with E-state index in [1.807, 2.05) is 0 Å². The zero-order chi connectivity index (χ0) is 13.9. The van der Waals surface area contributed by atoms with Crippen LogP contribution < -0.4 is 5.32 Å². The molecule has 0 spiro atoms. The van der Waals surface area contributed by atoms with Gasteiger partial charge in [-0.25, -0.2) is 4.79 Å². The van der Waals surface area contributed by atoms with Crippen LogP contribution in [0.5, 0.6) is 0 Å². The predicted octanol–water partition coefficient (Wildman–Crippen LogP) is 1.23. The van der Waals surface area contributed by atoms with Crippen molar-refractivity contribution in [3.8, 4) is 0 Å². The van der Waals surface area contributed by atoms with E-state index in [1.165, 1.54) is 0 Å². The first kappa shape index (κ1) is 14.3. The minimum absolute atomic E-state index is 0.0245. The molecule has 2 N–H and O–H groups in total. The van der Waals surface area contributed by atoms with Crippen molar-refractivity contribution in [2.45, 2.75) is 51.0 Å². The molecule has 0 aliphatic carbocycles. The SMILES string of the molecule is CC1(C(=O)O)CCCCN1C(=O)CC1CCNCC1. The van der Waals surface area contributed by atoms with Gasteiger partial charge in [0.05, 0.1) is 0 Å². The Morgan fingerprint density at radius 1 is 1.32 bits per heavy atom. The number of carboxylic acid groups (broad SMARTS) is 1. The van der Waals surface area contributed by atoms with Crippen LogP contribution in [0.4, 0.5) is 0 Å². The van der Waals surface area contributed by atoms with Gasteiger partial charge in [-0.2, -0.15) is 0 Å². The van der Waals surface area contributed by atoms with E-state index < -0.39 is 11.5 Å². The molecule has 5 heteroatoms. The predicted molar refractivity (Wildman–Crippen MR) is 71.8 cm³/mol. The third-order valence-electron chi connectivity index (χ3n) is 4.57. The molecule has 0 bridgehead atoms. The lowest BCUT2D eigenvalue weighted by Gasteiger charge is -2.42. The number of nitrogens with one attached hydrogen (secondary N) is 1. The van der Waals surface area contributed by atoms with E-state index in [2.05, 4.69) is 5.32 Å². The van der Waals surface area contributed by atoms with Gasteiger partial charge in [-0.3, -0.25) is 4.79 Å². The Hall–Kier alpha value is -1.10. The van der Waals surface area contributed by atoms with E-state index in [-0.39, 0.29) is 5.91 Å². The van der Waals surface area contributed by atoms with E-state index in [0.29, 0.717) is 25.3 Å². The van der Waals surface area contributed by atoms with Crippen molar-refractivity contribution in [1.82, 2.24) is 10.2 Å². The molecule has 1 atom stereocenters. The van der Waals surface area contributed by atoms with Gasteiger partial charge in [-0.15, -0.1) is 0 Å². The van der Waals surface area contributed by atoms with E-state index in [4.69, 9.17) is 0 Å². The molecule has 2 rings (SSSR count). The number of hydrogen-bond donors (Lipinski definition) is 2. The maximum Gasteiger partial charge on any atom is 0.329 e. The first-order valence-corrected chi connectivity index (χ1v) is 7.28. The molecule has 0 aromatic heterocycles. The lowest BCUT2D eigenvalue weighted by molar-refractivity contribution is -0.161. The standard InChI is InChI=1S/C14H24N2O3/c1-14(13(18)19)6-2-3-9-16(14)12(17)10-11-4-7-15-8-5-11/h11,15H,2-10H2,1H3,(H,18,19). The van der Waals surface area contributed by atoms with Gasteiger partial charge in [0, 0.05) is 13.0 Å². The van der Waals surface area contributed by atoms with Crippen molar-refractivity contribution in [3.63, 3.8) is 0 Å². The van der Waals surface area contributed by atoms with Crippen LogP contribution in [0.2, 0.25) is 0 Å². The maximum absolute atomic E-state index is 12.4. The summed E-state index contributed by atoms with van der Waals surface area (Å²) in [7, 11) is 0. The maximum atomic E-state index is 12.4. The Balaban J connectivity index is 2.01. The molecular formula is C14H24N2O3. The molecule has 2 heterocycles. The minimum atomic E-state index is -0.998. The van der Waals surface area contributed by atoms with Crippen LogP contribution in [0.15, 0.2) is 0 Å². The summed E-state index contributed by atoms with van der Waals surface area (Å²) in [6.07, 6.45) is 4.92. The number of amides is 1. The molecule has 2 aliphatic rings. The van der Waals surface area contributed by atoms with Gasteiger partial charge in [-0.05, 0) is 58.0 Å². The molecule has 5 nitrogen and oxygen atoms in total. The van der Waals surface area contributed by atoms with Gasteiger partial charge in [0.1, 0.15) is 5.54 Å². The number of nitrogens with zero attached hydrogens (tertiary/aromatic N) is 1. The fraction of sp³-hybridized carbons (Fsp3) is 0.857. The molecule has 0 radical (unpaired) electrons. The van der Waals surface area contributed by atoms with Crippen molar-refractivity contribution in [1.29, 1.82) is 0 Å².